The van der Waals surface area contributed by atoms with Crippen molar-refractivity contribution >= 4 is 39.2 Å². The van der Waals surface area contributed by atoms with Crippen molar-refractivity contribution in [3.05, 3.63) is 64.1 Å². The number of aliphatic carboxylic acids is 1. The quantitative estimate of drug-likeness (QED) is 0.668. The highest BCUT2D eigenvalue weighted by atomic mass is 79.9. The molecular weight excluding hydrogens is 330 g/mol. The number of carbonyl (C=O) groups is 1. The molecule has 0 amide bonds. The molecule has 21 heavy (non-hydrogen) atoms. The van der Waals surface area contributed by atoms with E-state index in [-0.39, 0.29) is 5.57 Å². The van der Waals surface area contributed by atoms with Crippen LogP contribution in [-0.2, 0) is 4.79 Å². The fraction of sp³-hybridized carbons (Fsp3) is 0.118. The third-order valence-corrected chi connectivity index (χ3v) is 3.63. The lowest BCUT2D eigenvalue weighted by molar-refractivity contribution is -0.130. The second-order valence-electron chi connectivity index (χ2n) is 4.86. The van der Waals surface area contributed by atoms with E-state index >= 15 is 0 Å². The average molecular weight is 346 g/mol. The number of carboxylic acid groups (broad SMARTS) is 1. The number of hydrogen-bond acceptors (Lipinski definition) is 2. The normalized spacial score (nSPS) is 11.3. The van der Waals surface area contributed by atoms with Gasteiger partial charge in [-0.3, -0.25) is 0 Å². The smallest absolute Gasteiger partial charge is 0.336 e. The summed E-state index contributed by atoms with van der Waals surface area (Å²) in [4.78, 5) is 13.5. The molecule has 0 aliphatic heterocycles. The summed E-state index contributed by atoms with van der Waals surface area (Å²) in [6.07, 6.45) is 1.69. The van der Waals surface area contributed by atoms with Gasteiger partial charge in [-0.1, -0.05) is 40.2 Å². The predicted molar refractivity (Wildman–Crippen MR) is 90.4 cm³/mol. The Morgan fingerprint density at radius 3 is 2.10 bits per heavy atom. The van der Waals surface area contributed by atoms with E-state index in [0.717, 1.165) is 15.7 Å². The second-order valence-corrected chi connectivity index (χ2v) is 5.77. The van der Waals surface area contributed by atoms with Gasteiger partial charge in [-0.25, -0.2) is 4.79 Å². The Morgan fingerprint density at radius 1 is 1.05 bits per heavy atom. The van der Waals surface area contributed by atoms with E-state index in [1.807, 2.05) is 55.4 Å². The number of anilines is 1. The summed E-state index contributed by atoms with van der Waals surface area (Å²) in [7, 11) is 3.94. The molecular formula is C17H16BrNO2. The number of carboxylic acids is 1. The Kier molecular flexibility index (Phi) is 4.81. The summed E-state index contributed by atoms with van der Waals surface area (Å²) in [5.41, 5.74) is 2.90. The summed E-state index contributed by atoms with van der Waals surface area (Å²) in [5, 5.41) is 9.41. The number of nitrogens with zero attached hydrogens (tertiary/aromatic N) is 1. The maximum Gasteiger partial charge on any atom is 0.336 e. The molecule has 0 radical (unpaired) electrons. The third-order valence-electron chi connectivity index (χ3n) is 3.11. The molecule has 0 fully saturated rings. The van der Waals surface area contributed by atoms with Crippen molar-refractivity contribution < 1.29 is 9.90 Å². The Labute approximate surface area is 132 Å². The number of rotatable bonds is 4. The molecule has 2 aromatic carbocycles. The molecule has 0 saturated heterocycles. The van der Waals surface area contributed by atoms with Crippen molar-refractivity contribution in [2.24, 2.45) is 0 Å². The maximum atomic E-state index is 11.5. The van der Waals surface area contributed by atoms with Gasteiger partial charge in [0, 0.05) is 24.3 Å². The number of hydrogen-bond donors (Lipinski definition) is 1. The van der Waals surface area contributed by atoms with E-state index in [9.17, 15) is 9.90 Å². The minimum Gasteiger partial charge on any atom is -0.478 e. The lowest BCUT2D eigenvalue weighted by atomic mass is 10.0. The van der Waals surface area contributed by atoms with Gasteiger partial charge in [0.2, 0.25) is 0 Å². The highest BCUT2D eigenvalue weighted by molar-refractivity contribution is 9.10. The minimum absolute atomic E-state index is 0.278. The van der Waals surface area contributed by atoms with E-state index in [2.05, 4.69) is 15.9 Å². The van der Waals surface area contributed by atoms with E-state index in [0.29, 0.717) is 5.56 Å². The van der Waals surface area contributed by atoms with Gasteiger partial charge in [0.15, 0.2) is 0 Å². The third kappa shape index (κ3) is 3.95. The van der Waals surface area contributed by atoms with Crippen LogP contribution in [0, 0.1) is 0 Å². The molecule has 0 saturated carbocycles. The first-order chi connectivity index (χ1) is 9.97. The number of halogens is 1. The summed E-state index contributed by atoms with van der Waals surface area (Å²) < 4.78 is 0.923. The molecule has 0 aliphatic carbocycles. The summed E-state index contributed by atoms with van der Waals surface area (Å²) >= 11 is 3.35. The zero-order valence-corrected chi connectivity index (χ0v) is 13.5. The van der Waals surface area contributed by atoms with Crippen molar-refractivity contribution in [1.29, 1.82) is 0 Å². The van der Waals surface area contributed by atoms with Crippen molar-refractivity contribution in [3.63, 3.8) is 0 Å². The van der Waals surface area contributed by atoms with Crippen LogP contribution in [0.5, 0.6) is 0 Å². The van der Waals surface area contributed by atoms with Crippen LogP contribution >= 0.6 is 15.9 Å². The standard InChI is InChI=1S/C17H16BrNO2/c1-19(2)15-9-3-12(4-10-15)11-16(17(20)21)13-5-7-14(18)8-6-13/h3-11H,1-2H3,(H,20,21)/b16-11-. The van der Waals surface area contributed by atoms with Crippen LogP contribution in [-0.4, -0.2) is 25.2 Å². The molecule has 0 aliphatic rings. The molecule has 0 spiro atoms. The van der Waals surface area contributed by atoms with Crippen molar-refractivity contribution in [2.45, 2.75) is 0 Å². The van der Waals surface area contributed by atoms with Crippen LogP contribution in [0.2, 0.25) is 0 Å². The largest absolute Gasteiger partial charge is 0.478 e. The van der Waals surface area contributed by atoms with Crippen molar-refractivity contribution in [2.75, 3.05) is 19.0 Å². The molecule has 1 N–H and O–H groups in total. The van der Waals surface area contributed by atoms with Gasteiger partial charge in [0.25, 0.3) is 0 Å². The molecule has 0 aromatic heterocycles. The molecule has 0 bridgehead atoms. The van der Waals surface area contributed by atoms with Gasteiger partial charge in [0.1, 0.15) is 0 Å². The Hall–Kier alpha value is -2.07. The lowest BCUT2D eigenvalue weighted by Gasteiger charge is -2.12. The summed E-state index contributed by atoms with van der Waals surface area (Å²) in [6.45, 7) is 0. The molecule has 3 nitrogen and oxygen atoms in total. The molecule has 108 valence electrons. The molecule has 2 rings (SSSR count). The Morgan fingerprint density at radius 2 is 1.62 bits per heavy atom. The van der Waals surface area contributed by atoms with Crippen LogP contribution in [0.25, 0.3) is 11.6 Å². The first-order valence-corrected chi connectivity index (χ1v) is 7.25. The molecule has 2 aromatic rings. The van der Waals surface area contributed by atoms with Gasteiger partial charge in [0.05, 0.1) is 5.57 Å². The molecule has 0 heterocycles. The summed E-state index contributed by atoms with van der Waals surface area (Å²) in [5.74, 6) is -0.936. The van der Waals surface area contributed by atoms with Gasteiger partial charge in [-0.15, -0.1) is 0 Å². The fourth-order valence-corrected chi connectivity index (χ4v) is 2.20. The van der Waals surface area contributed by atoms with Gasteiger partial charge < -0.3 is 10.0 Å². The second kappa shape index (κ2) is 6.59. The van der Waals surface area contributed by atoms with Crippen LogP contribution in [0.1, 0.15) is 11.1 Å². The van der Waals surface area contributed by atoms with Gasteiger partial charge in [-0.05, 0) is 41.5 Å². The SMILES string of the molecule is CN(C)c1ccc(/C=C(\C(=O)O)c2ccc(Br)cc2)cc1. The van der Waals surface area contributed by atoms with Gasteiger partial charge in [-0.2, -0.15) is 0 Å². The predicted octanol–water partition coefficient (Wildman–Crippen LogP) is 4.14. The Balaban J connectivity index is 2.37. The van der Waals surface area contributed by atoms with Crippen LogP contribution in [0.3, 0.4) is 0 Å². The minimum atomic E-state index is -0.936. The maximum absolute atomic E-state index is 11.5. The first-order valence-electron chi connectivity index (χ1n) is 6.45. The van der Waals surface area contributed by atoms with Crippen molar-refractivity contribution in [1.82, 2.24) is 0 Å². The van der Waals surface area contributed by atoms with E-state index in [1.165, 1.54) is 0 Å². The topological polar surface area (TPSA) is 40.5 Å². The van der Waals surface area contributed by atoms with Crippen LogP contribution in [0.4, 0.5) is 5.69 Å². The summed E-state index contributed by atoms with van der Waals surface area (Å²) in [6, 6.07) is 15.0. The van der Waals surface area contributed by atoms with Crippen LogP contribution in [0.15, 0.2) is 53.0 Å². The highest BCUT2D eigenvalue weighted by Crippen LogP contribution is 2.22. The molecule has 4 heteroatoms. The molecule has 0 unspecified atom stereocenters. The fourth-order valence-electron chi connectivity index (χ4n) is 1.93. The van der Waals surface area contributed by atoms with Crippen molar-refractivity contribution in [3.8, 4) is 0 Å². The van der Waals surface area contributed by atoms with E-state index in [4.69, 9.17) is 0 Å². The Bertz CT molecular complexity index is 658. The number of benzene rings is 2. The first kappa shape index (κ1) is 15.3. The molecule has 0 atom stereocenters. The highest BCUT2D eigenvalue weighted by Gasteiger charge is 2.10. The van der Waals surface area contributed by atoms with Crippen LogP contribution < -0.4 is 4.90 Å². The lowest BCUT2D eigenvalue weighted by Crippen LogP contribution is -2.08. The average Bonchev–Trinajstić information content (AvgIpc) is 2.46. The van der Waals surface area contributed by atoms with E-state index in [1.54, 1.807) is 18.2 Å². The van der Waals surface area contributed by atoms with E-state index < -0.39 is 5.97 Å². The van der Waals surface area contributed by atoms with Gasteiger partial charge >= 0.3 is 5.97 Å². The zero-order chi connectivity index (χ0) is 15.4. The monoisotopic (exact) mass is 345 g/mol. The zero-order valence-electron chi connectivity index (χ0n) is 11.9.